The summed E-state index contributed by atoms with van der Waals surface area (Å²) in [5, 5.41) is 3.73. The third-order valence-corrected chi connectivity index (χ3v) is 5.47. The number of anilines is 1. The molecule has 0 aliphatic carbocycles. The number of nitrogens with one attached hydrogen (secondary N) is 1. The van der Waals surface area contributed by atoms with Crippen LogP contribution in [0, 0.1) is 11.8 Å². The second-order valence-corrected chi connectivity index (χ2v) is 8.30. The van der Waals surface area contributed by atoms with Gasteiger partial charge in [0.15, 0.2) is 0 Å². The van der Waals surface area contributed by atoms with Crippen LogP contribution in [0.2, 0.25) is 5.02 Å². The molecule has 0 aromatic heterocycles. The first kappa shape index (κ1) is 27.4. The van der Waals surface area contributed by atoms with Crippen LogP contribution in [-0.2, 0) is 0 Å². The Morgan fingerprint density at radius 1 is 0.774 bits per heavy atom. The molecule has 2 nitrogen and oxygen atoms in total. The molecule has 0 radical (unpaired) electrons. The minimum Gasteiger partial charge on any atom is -0.385 e. The standard InChI is InChI=1S/C26H31Cl2NO.ClH/c27-24-17-13-22(14-18-24)12-10-8-6-4-2-1-3-5-7-9-11-21-29-25-19-15-23(16-20-25)26(28)30;/h13-20,29H,1-9,11,21H2;1H. The van der Waals surface area contributed by atoms with Crippen LogP contribution in [0.4, 0.5) is 5.69 Å². The third kappa shape index (κ3) is 12.7. The van der Waals surface area contributed by atoms with E-state index in [4.69, 9.17) is 23.2 Å². The lowest BCUT2D eigenvalue weighted by molar-refractivity contribution is 0.108. The molecule has 0 atom stereocenters. The topological polar surface area (TPSA) is 29.1 Å². The van der Waals surface area contributed by atoms with Crippen molar-refractivity contribution in [1.29, 1.82) is 0 Å². The zero-order chi connectivity index (χ0) is 21.4. The van der Waals surface area contributed by atoms with E-state index in [0.29, 0.717) is 5.56 Å². The normalized spacial score (nSPS) is 10.0. The fourth-order valence-electron chi connectivity index (χ4n) is 3.23. The maximum atomic E-state index is 11.0. The molecule has 0 unspecified atom stereocenters. The van der Waals surface area contributed by atoms with Crippen molar-refractivity contribution >= 4 is 46.5 Å². The summed E-state index contributed by atoms with van der Waals surface area (Å²) < 4.78 is 0. The molecule has 0 fully saturated rings. The van der Waals surface area contributed by atoms with Crippen LogP contribution in [0.5, 0.6) is 0 Å². The van der Waals surface area contributed by atoms with Crippen LogP contribution in [0.1, 0.15) is 80.1 Å². The first-order valence-electron chi connectivity index (χ1n) is 10.9. The van der Waals surface area contributed by atoms with Crippen LogP contribution in [0.15, 0.2) is 48.5 Å². The van der Waals surface area contributed by atoms with Gasteiger partial charge in [-0.1, -0.05) is 68.4 Å². The van der Waals surface area contributed by atoms with Crippen molar-refractivity contribution in [2.24, 2.45) is 0 Å². The van der Waals surface area contributed by atoms with Gasteiger partial charge in [-0.3, -0.25) is 4.79 Å². The molecule has 1 N–H and O–H groups in total. The number of benzene rings is 2. The van der Waals surface area contributed by atoms with Crippen LogP contribution in [0.25, 0.3) is 0 Å². The molecule has 0 saturated heterocycles. The number of hydrogen-bond donors (Lipinski definition) is 1. The van der Waals surface area contributed by atoms with Crippen molar-refractivity contribution in [3.05, 3.63) is 64.7 Å². The number of rotatable bonds is 13. The molecule has 0 heterocycles. The number of hydrogen-bond acceptors (Lipinski definition) is 2. The van der Waals surface area contributed by atoms with E-state index in [1.165, 1.54) is 57.8 Å². The van der Waals surface area contributed by atoms with Crippen LogP contribution in [0.3, 0.4) is 0 Å². The van der Waals surface area contributed by atoms with E-state index in [1.807, 2.05) is 36.4 Å². The Bertz CT molecular complexity index is 807. The zero-order valence-electron chi connectivity index (χ0n) is 18.0. The van der Waals surface area contributed by atoms with Gasteiger partial charge in [0.2, 0.25) is 0 Å². The summed E-state index contributed by atoms with van der Waals surface area (Å²) in [7, 11) is 0. The molecule has 0 saturated carbocycles. The summed E-state index contributed by atoms with van der Waals surface area (Å²) in [6, 6.07) is 15.0. The first-order chi connectivity index (χ1) is 14.6. The highest BCUT2D eigenvalue weighted by Gasteiger charge is 2.00. The van der Waals surface area contributed by atoms with Gasteiger partial charge in [0.05, 0.1) is 0 Å². The maximum Gasteiger partial charge on any atom is 0.252 e. The molecule has 168 valence electrons. The second kappa shape index (κ2) is 17.0. The maximum absolute atomic E-state index is 11.0. The van der Waals surface area contributed by atoms with E-state index < -0.39 is 5.24 Å². The quantitative estimate of drug-likeness (QED) is 0.177. The van der Waals surface area contributed by atoms with Crippen molar-refractivity contribution in [1.82, 2.24) is 0 Å². The van der Waals surface area contributed by atoms with Gasteiger partial charge in [-0.25, -0.2) is 0 Å². The Kier molecular flexibility index (Phi) is 15.0. The summed E-state index contributed by atoms with van der Waals surface area (Å²) >= 11 is 11.3. The molecule has 0 amide bonds. The molecule has 0 aliphatic heterocycles. The van der Waals surface area contributed by atoms with Crippen molar-refractivity contribution in [2.75, 3.05) is 11.9 Å². The molecule has 31 heavy (non-hydrogen) atoms. The van der Waals surface area contributed by atoms with E-state index in [2.05, 4.69) is 17.2 Å². The smallest absolute Gasteiger partial charge is 0.252 e. The van der Waals surface area contributed by atoms with Gasteiger partial charge in [-0.2, -0.15) is 0 Å². The monoisotopic (exact) mass is 479 g/mol. The summed E-state index contributed by atoms with van der Waals surface area (Å²) in [6.45, 7) is 0.964. The molecular formula is C26H32Cl3NO. The fraction of sp³-hybridized carbons (Fsp3) is 0.423. The molecule has 0 aliphatic rings. The van der Waals surface area contributed by atoms with Gasteiger partial charge in [0, 0.05) is 34.8 Å². The lowest BCUT2D eigenvalue weighted by atomic mass is 10.1. The van der Waals surface area contributed by atoms with E-state index in [9.17, 15) is 4.79 Å². The van der Waals surface area contributed by atoms with Crippen LogP contribution >= 0.6 is 35.6 Å². The van der Waals surface area contributed by atoms with Crippen LogP contribution in [-0.4, -0.2) is 11.8 Å². The Labute approximate surface area is 203 Å². The predicted molar refractivity (Wildman–Crippen MR) is 137 cm³/mol. The molecule has 5 heteroatoms. The average molecular weight is 481 g/mol. The average Bonchev–Trinajstić information content (AvgIpc) is 2.75. The number of halogens is 3. The Morgan fingerprint density at radius 3 is 1.90 bits per heavy atom. The first-order valence-corrected chi connectivity index (χ1v) is 11.7. The van der Waals surface area contributed by atoms with E-state index in [1.54, 1.807) is 12.1 Å². The molecule has 2 aromatic carbocycles. The summed E-state index contributed by atoms with van der Waals surface area (Å²) in [5.41, 5.74) is 2.61. The van der Waals surface area contributed by atoms with Crippen molar-refractivity contribution in [2.45, 2.75) is 64.2 Å². The Balaban J connectivity index is 0.00000480. The van der Waals surface area contributed by atoms with Gasteiger partial charge >= 0.3 is 0 Å². The Hall–Kier alpha value is -1.66. The minimum absolute atomic E-state index is 0. The predicted octanol–water partition coefficient (Wildman–Crippen LogP) is 8.51. The third-order valence-electron chi connectivity index (χ3n) is 5.00. The highest BCUT2D eigenvalue weighted by Crippen LogP contribution is 2.13. The summed E-state index contributed by atoms with van der Waals surface area (Å²) in [4.78, 5) is 11.0. The highest BCUT2D eigenvalue weighted by molar-refractivity contribution is 6.67. The largest absolute Gasteiger partial charge is 0.385 e. The van der Waals surface area contributed by atoms with E-state index >= 15 is 0 Å². The summed E-state index contributed by atoms with van der Waals surface area (Å²) in [6.07, 6.45) is 12.4. The van der Waals surface area contributed by atoms with E-state index in [-0.39, 0.29) is 12.4 Å². The van der Waals surface area contributed by atoms with Gasteiger partial charge in [-0.05, 0) is 73.0 Å². The molecule has 0 spiro atoms. The van der Waals surface area contributed by atoms with E-state index in [0.717, 1.165) is 29.2 Å². The molecular weight excluding hydrogens is 449 g/mol. The summed E-state index contributed by atoms with van der Waals surface area (Å²) in [5.74, 6) is 6.44. The van der Waals surface area contributed by atoms with Gasteiger partial charge in [0.1, 0.15) is 0 Å². The van der Waals surface area contributed by atoms with Gasteiger partial charge < -0.3 is 5.32 Å². The molecule has 0 bridgehead atoms. The van der Waals surface area contributed by atoms with Gasteiger partial charge in [-0.15, -0.1) is 12.4 Å². The second-order valence-electron chi connectivity index (χ2n) is 7.52. The van der Waals surface area contributed by atoms with Crippen molar-refractivity contribution in [3.8, 4) is 11.8 Å². The highest BCUT2D eigenvalue weighted by atomic mass is 35.5. The Morgan fingerprint density at radius 2 is 1.32 bits per heavy atom. The van der Waals surface area contributed by atoms with Crippen molar-refractivity contribution in [3.63, 3.8) is 0 Å². The zero-order valence-corrected chi connectivity index (χ0v) is 20.3. The van der Waals surface area contributed by atoms with Crippen molar-refractivity contribution < 1.29 is 4.79 Å². The van der Waals surface area contributed by atoms with Crippen LogP contribution < -0.4 is 5.32 Å². The lowest BCUT2D eigenvalue weighted by Crippen LogP contribution is -2.01. The minimum atomic E-state index is -0.413. The molecule has 2 rings (SSSR count). The lowest BCUT2D eigenvalue weighted by Gasteiger charge is -2.07. The van der Waals surface area contributed by atoms with Gasteiger partial charge in [0.25, 0.3) is 5.24 Å². The SMILES string of the molecule is Cl.O=C(Cl)c1ccc(NCCCCCCCCCCCC#Cc2ccc(Cl)cc2)cc1. The fourth-order valence-corrected chi connectivity index (χ4v) is 3.48. The number of unbranched alkanes of at least 4 members (excludes halogenated alkanes) is 9. The number of carbonyl (C=O) groups excluding carboxylic acids is 1. The molecule has 2 aromatic rings. The number of carbonyl (C=O) groups is 1.